The van der Waals surface area contributed by atoms with Gasteiger partial charge in [-0.15, -0.1) is 0 Å². The summed E-state index contributed by atoms with van der Waals surface area (Å²) in [5.74, 6) is -0.962. The van der Waals surface area contributed by atoms with Crippen molar-refractivity contribution in [2.24, 2.45) is 0 Å². The zero-order valence-corrected chi connectivity index (χ0v) is 7.53. The molecule has 0 aliphatic rings. The minimum absolute atomic E-state index is 0.0698. The molecule has 0 amide bonds. The molecule has 0 aliphatic carbocycles. The zero-order valence-electron chi connectivity index (χ0n) is 6.53. The van der Waals surface area contributed by atoms with Crippen LogP contribution in [-0.4, -0.2) is 47.4 Å². The summed E-state index contributed by atoms with van der Waals surface area (Å²) >= 11 is 0. The normalized spacial score (nSPS) is 11.6. The molecule has 0 saturated heterocycles. The molecule has 0 aliphatic heterocycles. The Balaban J connectivity index is 3.17. The van der Waals surface area contributed by atoms with Gasteiger partial charge in [-0.05, 0) is 13.0 Å². The average molecular weight is 195 g/mol. The topological polar surface area (TPSA) is 110 Å². The summed E-state index contributed by atoms with van der Waals surface area (Å²) in [5, 5.41) is 10.7. The van der Waals surface area contributed by atoms with Crippen molar-refractivity contribution in [1.29, 1.82) is 0 Å². The molecule has 72 valence electrons. The van der Waals surface area contributed by atoms with E-state index in [1.807, 2.05) is 0 Å². The first-order chi connectivity index (χ1) is 5.42. The number of rotatable bonds is 6. The lowest BCUT2D eigenvalue weighted by Crippen LogP contribution is -2.35. The molecule has 0 rings (SSSR count). The minimum Gasteiger partial charge on any atom is -0.480 e. The maximum Gasteiger partial charge on any atom is 0.492 e. The van der Waals surface area contributed by atoms with Gasteiger partial charge in [-0.2, -0.15) is 0 Å². The number of carbonyl (C=O) groups is 1. The standard InChI is InChI=1S/C5H13NO5Si/c7-5(8)4-6-2-1-3-12(9,10)11/h6,9-11H,1-4H2,(H,7,8). The van der Waals surface area contributed by atoms with Crippen LogP contribution in [0.2, 0.25) is 6.04 Å². The van der Waals surface area contributed by atoms with Crippen molar-refractivity contribution in [1.82, 2.24) is 5.32 Å². The van der Waals surface area contributed by atoms with Gasteiger partial charge in [0.2, 0.25) is 0 Å². The summed E-state index contributed by atoms with van der Waals surface area (Å²) in [5.41, 5.74) is 0. The van der Waals surface area contributed by atoms with E-state index in [1.165, 1.54) is 0 Å². The highest BCUT2D eigenvalue weighted by Crippen LogP contribution is 1.98. The minimum atomic E-state index is -3.92. The lowest BCUT2D eigenvalue weighted by molar-refractivity contribution is -0.135. The number of carboxylic acid groups (broad SMARTS) is 1. The van der Waals surface area contributed by atoms with Crippen LogP contribution < -0.4 is 5.32 Å². The van der Waals surface area contributed by atoms with Crippen LogP contribution in [0.25, 0.3) is 0 Å². The summed E-state index contributed by atoms with van der Waals surface area (Å²) in [6.07, 6.45) is 0.350. The maximum absolute atomic E-state index is 9.96. The van der Waals surface area contributed by atoms with Crippen LogP contribution in [0, 0.1) is 0 Å². The maximum atomic E-state index is 9.96. The van der Waals surface area contributed by atoms with Gasteiger partial charge >= 0.3 is 14.8 Å². The van der Waals surface area contributed by atoms with E-state index >= 15 is 0 Å². The molecule has 12 heavy (non-hydrogen) atoms. The third-order valence-corrected chi connectivity index (χ3v) is 2.17. The molecule has 0 unspecified atom stereocenters. The second-order valence-electron chi connectivity index (χ2n) is 2.45. The van der Waals surface area contributed by atoms with Crippen molar-refractivity contribution in [2.75, 3.05) is 13.1 Å². The zero-order chi connectivity index (χ0) is 9.61. The predicted octanol–water partition coefficient (Wildman–Crippen LogP) is -2.03. The van der Waals surface area contributed by atoms with Gasteiger partial charge in [-0.1, -0.05) is 0 Å². The largest absolute Gasteiger partial charge is 0.492 e. The van der Waals surface area contributed by atoms with Gasteiger partial charge in [0.05, 0.1) is 6.54 Å². The Hall–Kier alpha value is -0.473. The van der Waals surface area contributed by atoms with Crippen molar-refractivity contribution >= 4 is 14.8 Å². The first kappa shape index (κ1) is 11.5. The van der Waals surface area contributed by atoms with Crippen molar-refractivity contribution in [3.05, 3.63) is 0 Å². The highest BCUT2D eigenvalue weighted by atomic mass is 28.4. The van der Waals surface area contributed by atoms with Gasteiger partial charge in [0.25, 0.3) is 0 Å². The van der Waals surface area contributed by atoms with E-state index < -0.39 is 14.8 Å². The van der Waals surface area contributed by atoms with Gasteiger partial charge in [0.15, 0.2) is 0 Å². The SMILES string of the molecule is O=C(O)CNCCC[Si](O)(O)O. The second-order valence-corrected chi connectivity index (χ2v) is 4.50. The summed E-state index contributed by atoms with van der Waals surface area (Å²) in [7, 11) is -3.92. The Morgan fingerprint density at radius 2 is 1.92 bits per heavy atom. The average Bonchev–Trinajstić information content (AvgIpc) is 1.83. The smallest absolute Gasteiger partial charge is 0.480 e. The van der Waals surface area contributed by atoms with Crippen molar-refractivity contribution in [2.45, 2.75) is 12.5 Å². The van der Waals surface area contributed by atoms with E-state index in [-0.39, 0.29) is 12.6 Å². The van der Waals surface area contributed by atoms with E-state index in [0.717, 1.165) is 0 Å². The number of hydrogen-bond acceptors (Lipinski definition) is 5. The van der Waals surface area contributed by atoms with Crippen molar-refractivity contribution in [3.8, 4) is 0 Å². The Morgan fingerprint density at radius 1 is 1.33 bits per heavy atom. The van der Waals surface area contributed by atoms with E-state index in [2.05, 4.69) is 5.32 Å². The van der Waals surface area contributed by atoms with Gasteiger partial charge in [0.1, 0.15) is 0 Å². The highest BCUT2D eigenvalue weighted by Gasteiger charge is 2.25. The van der Waals surface area contributed by atoms with Crippen LogP contribution in [-0.2, 0) is 4.79 Å². The summed E-state index contributed by atoms with van der Waals surface area (Å²) in [4.78, 5) is 35.6. The lowest BCUT2D eigenvalue weighted by Gasteiger charge is -2.08. The third kappa shape index (κ3) is 9.53. The monoisotopic (exact) mass is 195 g/mol. The van der Waals surface area contributed by atoms with E-state index in [9.17, 15) is 4.79 Å². The Labute approximate surface area is 70.8 Å². The van der Waals surface area contributed by atoms with Crippen LogP contribution in [0.4, 0.5) is 0 Å². The van der Waals surface area contributed by atoms with Gasteiger partial charge < -0.3 is 24.8 Å². The summed E-state index contributed by atoms with van der Waals surface area (Å²) < 4.78 is 0. The third-order valence-electron chi connectivity index (χ3n) is 1.14. The Bertz CT molecular complexity index is 145. The van der Waals surface area contributed by atoms with E-state index in [1.54, 1.807) is 0 Å². The molecule has 0 aromatic heterocycles. The van der Waals surface area contributed by atoms with Crippen LogP contribution in [0.3, 0.4) is 0 Å². The molecule has 0 fully saturated rings. The number of aliphatic carboxylic acids is 1. The summed E-state index contributed by atoms with van der Waals surface area (Å²) in [6.45, 7) is 0.194. The fraction of sp³-hybridized carbons (Fsp3) is 0.800. The Morgan fingerprint density at radius 3 is 2.33 bits per heavy atom. The van der Waals surface area contributed by atoms with Crippen LogP contribution in [0.5, 0.6) is 0 Å². The van der Waals surface area contributed by atoms with Gasteiger partial charge in [0, 0.05) is 6.04 Å². The quantitative estimate of drug-likeness (QED) is 0.247. The molecule has 0 saturated carbocycles. The predicted molar refractivity (Wildman–Crippen MR) is 42.3 cm³/mol. The first-order valence-corrected chi connectivity index (χ1v) is 5.56. The van der Waals surface area contributed by atoms with E-state index in [0.29, 0.717) is 13.0 Å². The number of carboxylic acids is 1. The molecule has 0 atom stereocenters. The second kappa shape index (κ2) is 5.22. The molecule has 0 heterocycles. The molecule has 0 spiro atoms. The first-order valence-electron chi connectivity index (χ1n) is 3.51. The van der Waals surface area contributed by atoms with E-state index in [4.69, 9.17) is 19.5 Å². The fourth-order valence-electron chi connectivity index (χ4n) is 0.646. The van der Waals surface area contributed by atoms with Crippen molar-refractivity contribution < 1.29 is 24.3 Å². The van der Waals surface area contributed by atoms with Crippen LogP contribution in [0.15, 0.2) is 0 Å². The molecular formula is C5H13NO5Si. The number of nitrogens with one attached hydrogen (secondary N) is 1. The molecule has 0 aromatic rings. The molecule has 7 heteroatoms. The molecule has 0 aromatic carbocycles. The van der Waals surface area contributed by atoms with Crippen molar-refractivity contribution in [3.63, 3.8) is 0 Å². The summed E-state index contributed by atoms with van der Waals surface area (Å²) in [6, 6.07) is -0.0698. The molecule has 5 N–H and O–H groups in total. The molecule has 6 nitrogen and oxygen atoms in total. The van der Waals surface area contributed by atoms with Gasteiger partial charge in [-0.3, -0.25) is 4.79 Å². The van der Waals surface area contributed by atoms with Gasteiger partial charge in [-0.25, -0.2) is 0 Å². The Kier molecular flexibility index (Phi) is 5.02. The highest BCUT2D eigenvalue weighted by molar-refractivity contribution is 6.56. The fourth-order valence-corrected chi connectivity index (χ4v) is 1.30. The lowest BCUT2D eigenvalue weighted by atomic mass is 10.5. The number of hydrogen-bond donors (Lipinski definition) is 5. The molecular weight excluding hydrogens is 182 g/mol. The molecule has 0 radical (unpaired) electrons. The molecule has 0 bridgehead atoms. The van der Waals surface area contributed by atoms with Crippen LogP contribution in [0.1, 0.15) is 6.42 Å². The van der Waals surface area contributed by atoms with Crippen LogP contribution >= 0.6 is 0 Å².